The molecule has 1 aromatic rings. The van der Waals surface area contributed by atoms with Crippen molar-refractivity contribution < 1.29 is 4.84 Å². The maximum atomic E-state index is 5.82. The molecule has 0 saturated heterocycles. The van der Waals surface area contributed by atoms with Crippen molar-refractivity contribution >= 4 is 17.2 Å². The van der Waals surface area contributed by atoms with Crippen LogP contribution in [-0.4, -0.2) is 25.3 Å². The van der Waals surface area contributed by atoms with Crippen LogP contribution in [0.5, 0.6) is 0 Å². The quantitative estimate of drug-likeness (QED) is 0.705. The molecular formula is C11H12ClNO. The van der Waals surface area contributed by atoms with E-state index in [9.17, 15) is 0 Å². The van der Waals surface area contributed by atoms with Crippen LogP contribution in [0.15, 0.2) is 30.3 Å². The molecule has 1 aliphatic heterocycles. The normalized spacial score (nSPS) is 18.0. The molecule has 0 atom stereocenters. The third-order valence-corrected chi connectivity index (χ3v) is 2.48. The first kappa shape index (κ1) is 9.71. The number of hydroxylamine groups is 2. The van der Waals surface area contributed by atoms with Gasteiger partial charge in [-0.3, -0.25) is 4.84 Å². The Morgan fingerprint density at radius 2 is 2.00 bits per heavy atom. The van der Waals surface area contributed by atoms with E-state index in [1.54, 1.807) is 0 Å². The van der Waals surface area contributed by atoms with Crippen LogP contribution < -0.4 is 0 Å². The van der Waals surface area contributed by atoms with Crippen LogP contribution >= 0.6 is 11.6 Å². The van der Waals surface area contributed by atoms with Gasteiger partial charge >= 0.3 is 0 Å². The van der Waals surface area contributed by atoms with E-state index in [-0.39, 0.29) is 0 Å². The average Bonchev–Trinajstić information content (AvgIpc) is 2.19. The Bertz CT molecular complexity index is 345. The largest absolute Gasteiger partial charge is 0.295 e. The summed E-state index contributed by atoms with van der Waals surface area (Å²) in [6.45, 7) is 1.47. The Morgan fingerprint density at radius 1 is 1.29 bits per heavy atom. The second kappa shape index (κ2) is 4.13. The lowest BCUT2D eigenvalue weighted by molar-refractivity contribution is -0.122. The second-order valence-electron chi connectivity index (χ2n) is 3.32. The molecule has 2 rings (SSSR count). The topological polar surface area (TPSA) is 12.5 Å². The van der Waals surface area contributed by atoms with Gasteiger partial charge in [0.05, 0.1) is 6.61 Å². The minimum absolute atomic E-state index is 0.647. The van der Waals surface area contributed by atoms with Gasteiger partial charge in [-0.1, -0.05) is 29.8 Å². The summed E-state index contributed by atoms with van der Waals surface area (Å²) in [5.74, 6) is 0. The highest BCUT2D eigenvalue weighted by Gasteiger charge is 2.10. The smallest absolute Gasteiger partial charge is 0.0873 e. The number of nitrogens with zero attached hydrogens (tertiary/aromatic N) is 1. The molecule has 0 amide bonds. The highest BCUT2D eigenvalue weighted by molar-refractivity contribution is 6.30. The molecule has 0 aliphatic carbocycles. The van der Waals surface area contributed by atoms with Gasteiger partial charge in [-0.25, -0.2) is 0 Å². The van der Waals surface area contributed by atoms with Crippen LogP contribution in [0.4, 0.5) is 0 Å². The van der Waals surface area contributed by atoms with E-state index in [2.05, 4.69) is 6.08 Å². The zero-order valence-corrected chi connectivity index (χ0v) is 8.79. The Hall–Kier alpha value is -0.830. The first-order valence-electron chi connectivity index (χ1n) is 4.55. The summed E-state index contributed by atoms with van der Waals surface area (Å²) in [7, 11) is 1.93. The molecule has 0 fully saturated rings. The van der Waals surface area contributed by atoms with Crippen LogP contribution in [0.25, 0.3) is 5.57 Å². The molecule has 3 heteroatoms. The zero-order valence-electron chi connectivity index (χ0n) is 8.03. The number of hydrogen-bond donors (Lipinski definition) is 0. The van der Waals surface area contributed by atoms with E-state index < -0.39 is 0 Å². The van der Waals surface area contributed by atoms with Crippen LogP contribution in [-0.2, 0) is 4.84 Å². The number of benzene rings is 1. The van der Waals surface area contributed by atoms with Gasteiger partial charge in [0.15, 0.2) is 0 Å². The molecule has 2 nitrogen and oxygen atoms in total. The maximum Gasteiger partial charge on any atom is 0.0873 e. The van der Waals surface area contributed by atoms with Gasteiger partial charge in [0, 0.05) is 18.6 Å². The van der Waals surface area contributed by atoms with E-state index >= 15 is 0 Å². The van der Waals surface area contributed by atoms with Gasteiger partial charge in [0.2, 0.25) is 0 Å². The molecule has 0 spiro atoms. The standard InChI is InChI=1S/C11H12ClNO/c1-13-8-10(6-7-14-13)9-2-4-11(12)5-3-9/h2-6H,7-8H2,1H3. The van der Waals surface area contributed by atoms with E-state index in [1.807, 2.05) is 36.4 Å². The third kappa shape index (κ3) is 2.15. The van der Waals surface area contributed by atoms with Crippen LogP contribution in [0.1, 0.15) is 5.56 Å². The van der Waals surface area contributed by atoms with Crippen LogP contribution in [0.2, 0.25) is 5.02 Å². The van der Waals surface area contributed by atoms with E-state index in [0.717, 1.165) is 11.6 Å². The van der Waals surface area contributed by atoms with E-state index in [0.29, 0.717) is 6.61 Å². The van der Waals surface area contributed by atoms with Crippen LogP contribution in [0.3, 0.4) is 0 Å². The average molecular weight is 210 g/mol. The number of hydrogen-bond acceptors (Lipinski definition) is 2. The van der Waals surface area contributed by atoms with Crippen molar-refractivity contribution in [2.45, 2.75) is 0 Å². The molecule has 1 heterocycles. The van der Waals surface area contributed by atoms with E-state index in [4.69, 9.17) is 16.4 Å². The van der Waals surface area contributed by atoms with Crippen LogP contribution in [0, 0.1) is 0 Å². The molecule has 0 unspecified atom stereocenters. The lowest BCUT2D eigenvalue weighted by Gasteiger charge is -2.22. The van der Waals surface area contributed by atoms with Crippen molar-refractivity contribution in [2.24, 2.45) is 0 Å². The molecular weight excluding hydrogens is 198 g/mol. The molecule has 0 bridgehead atoms. The van der Waals surface area contributed by atoms with Crippen molar-refractivity contribution in [3.05, 3.63) is 40.9 Å². The van der Waals surface area contributed by atoms with Crippen molar-refractivity contribution in [3.63, 3.8) is 0 Å². The zero-order chi connectivity index (χ0) is 9.97. The third-order valence-electron chi connectivity index (χ3n) is 2.23. The second-order valence-corrected chi connectivity index (χ2v) is 3.75. The van der Waals surface area contributed by atoms with Crippen molar-refractivity contribution in [2.75, 3.05) is 20.2 Å². The van der Waals surface area contributed by atoms with Gasteiger partial charge in [-0.2, -0.15) is 5.06 Å². The maximum absolute atomic E-state index is 5.82. The fraction of sp³-hybridized carbons (Fsp3) is 0.273. The Morgan fingerprint density at radius 3 is 2.64 bits per heavy atom. The van der Waals surface area contributed by atoms with Crippen molar-refractivity contribution in [3.8, 4) is 0 Å². The molecule has 1 aromatic carbocycles. The fourth-order valence-electron chi connectivity index (χ4n) is 1.49. The predicted molar refractivity (Wildman–Crippen MR) is 58.0 cm³/mol. The first-order chi connectivity index (χ1) is 6.75. The predicted octanol–water partition coefficient (Wildman–Crippen LogP) is 2.60. The van der Waals surface area contributed by atoms with Crippen molar-refractivity contribution in [1.82, 2.24) is 5.06 Å². The molecule has 1 aliphatic rings. The summed E-state index contributed by atoms with van der Waals surface area (Å²) < 4.78 is 0. The fourth-order valence-corrected chi connectivity index (χ4v) is 1.61. The summed E-state index contributed by atoms with van der Waals surface area (Å²) in [5.41, 5.74) is 2.50. The highest BCUT2D eigenvalue weighted by atomic mass is 35.5. The first-order valence-corrected chi connectivity index (χ1v) is 4.92. The summed E-state index contributed by atoms with van der Waals surface area (Å²) in [6.07, 6.45) is 2.10. The Kier molecular flexibility index (Phi) is 2.87. The van der Waals surface area contributed by atoms with Gasteiger partial charge in [0.25, 0.3) is 0 Å². The number of likely N-dealkylation sites (N-methyl/N-ethyl adjacent to an activating group) is 1. The van der Waals surface area contributed by atoms with Gasteiger partial charge in [-0.15, -0.1) is 0 Å². The Labute approximate surface area is 88.7 Å². The van der Waals surface area contributed by atoms with E-state index in [1.165, 1.54) is 11.1 Å². The summed E-state index contributed by atoms with van der Waals surface area (Å²) in [4.78, 5) is 5.28. The molecule has 74 valence electrons. The minimum Gasteiger partial charge on any atom is -0.295 e. The van der Waals surface area contributed by atoms with Gasteiger partial charge in [0.1, 0.15) is 0 Å². The summed E-state index contributed by atoms with van der Waals surface area (Å²) >= 11 is 5.82. The molecule has 0 radical (unpaired) electrons. The lowest BCUT2D eigenvalue weighted by atomic mass is 10.1. The molecule has 14 heavy (non-hydrogen) atoms. The van der Waals surface area contributed by atoms with Crippen molar-refractivity contribution in [1.29, 1.82) is 0 Å². The van der Waals surface area contributed by atoms with Gasteiger partial charge < -0.3 is 0 Å². The lowest BCUT2D eigenvalue weighted by Crippen LogP contribution is -2.25. The summed E-state index contributed by atoms with van der Waals surface area (Å²) in [6, 6.07) is 7.89. The number of rotatable bonds is 1. The number of halogens is 1. The van der Waals surface area contributed by atoms with Gasteiger partial charge in [-0.05, 0) is 23.3 Å². The molecule has 0 N–H and O–H groups in total. The minimum atomic E-state index is 0.647. The highest BCUT2D eigenvalue weighted by Crippen LogP contribution is 2.20. The molecule has 0 saturated carbocycles. The molecule has 0 aromatic heterocycles. The Balaban J connectivity index is 2.22. The monoisotopic (exact) mass is 209 g/mol. The SMILES string of the molecule is CN1CC(c2ccc(Cl)cc2)=CCO1. The summed E-state index contributed by atoms with van der Waals surface area (Å²) in [5, 5.41) is 2.61.